The third-order valence-electron chi connectivity index (χ3n) is 4.29. The van der Waals surface area contributed by atoms with Gasteiger partial charge in [-0.25, -0.2) is 0 Å². The lowest BCUT2D eigenvalue weighted by molar-refractivity contribution is -0.124. The average molecular weight is 294 g/mol. The molecule has 5 heteroatoms. The van der Waals surface area contributed by atoms with Crippen LogP contribution in [0.2, 0.25) is 0 Å². The van der Waals surface area contributed by atoms with E-state index in [9.17, 15) is 4.79 Å². The maximum absolute atomic E-state index is 11.6. The highest BCUT2D eigenvalue weighted by atomic mass is 16.1. The van der Waals surface area contributed by atoms with Crippen LogP contribution in [0.4, 0.5) is 0 Å². The summed E-state index contributed by atoms with van der Waals surface area (Å²) < 4.78 is 2.09. The summed E-state index contributed by atoms with van der Waals surface area (Å²) in [6.07, 6.45) is 3.74. The first-order chi connectivity index (χ1) is 9.85. The molecule has 1 atom stereocenters. The summed E-state index contributed by atoms with van der Waals surface area (Å²) in [6, 6.07) is 0. The first-order valence-electron chi connectivity index (χ1n) is 7.93. The molecule has 1 aromatic rings. The number of nitrogens with zero attached hydrogens (tertiary/aromatic N) is 2. The van der Waals surface area contributed by atoms with Crippen molar-refractivity contribution in [2.24, 2.45) is 5.73 Å². The number of carbonyl (C=O) groups is 1. The highest BCUT2D eigenvalue weighted by molar-refractivity contribution is 5.84. The second kappa shape index (κ2) is 7.59. The Bertz CT molecular complexity index is 481. The zero-order chi connectivity index (χ0) is 16.0. The van der Waals surface area contributed by atoms with E-state index in [1.54, 1.807) is 0 Å². The summed E-state index contributed by atoms with van der Waals surface area (Å²) in [5, 5.41) is 7.79. The van der Waals surface area contributed by atoms with E-state index in [0.717, 1.165) is 44.5 Å². The zero-order valence-electron chi connectivity index (χ0n) is 14.1. The monoisotopic (exact) mass is 294 g/mol. The molecule has 0 aliphatic carbocycles. The van der Waals surface area contributed by atoms with Crippen LogP contribution in [-0.4, -0.2) is 27.8 Å². The number of carbonyl (C=O) groups excluding carboxylic acids is 1. The number of amides is 1. The zero-order valence-corrected chi connectivity index (χ0v) is 14.1. The molecule has 0 aliphatic heterocycles. The predicted octanol–water partition coefficient (Wildman–Crippen LogP) is 2.09. The molecule has 0 saturated carbocycles. The molecule has 1 heterocycles. The van der Waals surface area contributed by atoms with Crippen molar-refractivity contribution in [1.82, 2.24) is 15.1 Å². The summed E-state index contributed by atoms with van der Waals surface area (Å²) in [5.41, 5.74) is 8.64. The Balaban J connectivity index is 2.52. The first kappa shape index (κ1) is 17.7. The SMILES string of the molecule is CCNC(C)(CCCCn1nc(C)c(CC)c1C)C(N)=O. The van der Waals surface area contributed by atoms with Gasteiger partial charge >= 0.3 is 0 Å². The van der Waals surface area contributed by atoms with E-state index in [-0.39, 0.29) is 5.91 Å². The van der Waals surface area contributed by atoms with Crippen molar-refractivity contribution in [2.45, 2.75) is 72.4 Å². The van der Waals surface area contributed by atoms with Crippen molar-refractivity contribution in [3.05, 3.63) is 17.0 Å². The van der Waals surface area contributed by atoms with E-state index in [1.807, 2.05) is 13.8 Å². The number of nitrogens with two attached hydrogens (primary N) is 1. The largest absolute Gasteiger partial charge is 0.368 e. The molecule has 120 valence electrons. The number of primary amides is 1. The van der Waals surface area contributed by atoms with Gasteiger partial charge in [0, 0.05) is 12.2 Å². The fourth-order valence-corrected chi connectivity index (χ4v) is 2.89. The minimum atomic E-state index is -0.599. The van der Waals surface area contributed by atoms with E-state index in [0.29, 0.717) is 0 Å². The van der Waals surface area contributed by atoms with Gasteiger partial charge in [-0.3, -0.25) is 9.48 Å². The number of aromatic nitrogens is 2. The topological polar surface area (TPSA) is 72.9 Å². The molecule has 5 nitrogen and oxygen atoms in total. The quantitative estimate of drug-likeness (QED) is 0.685. The molecule has 0 bridgehead atoms. The molecule has 0 radical (unpaired) electrons. The Hall–Kier alpha value is -1.36. The van der Waals surface area contributed by atoms with Crippen molar-refractivity contribution in [3.63, 3.8) is 0 Å². The number of rotatable bonds is 9. The normalized spacial score (nSPS) is 14.1. The number of likely N-dealkylation sites (N-methyl/N-ethyl adjacent to an activating group) is 1. The summed E-state index contributed by atoms with van der Waals surface area (Å²) in [7, 11) is 0. The molecule has 0 fully saturated rings. The average Bonchev–Trinajstić information content (AvgIpc) is 2.69. The lowest BCUT2D eigenvalue weighted by atomic mass is 9.94. The molecule has 21 heavy (non-hydrogen) atoms. The molecule has 0 saturated heterocycles. The van der Waals surface area contributed by atoms with E-state index in [1.165, 1.54) is 11.3 Å². The van der Waals surface area contributed by atoms with Crippen molar-refractivity contribution in [3.8, 4) is 0 Å². The van der Waals surface area contributed by atoms with Crippen molar-refractivity contribution >= 4 is 5.91 Å². The highest BCUT2D eigenvalue weighted by Crippen LogP contribution is 2.17. The lowest BCUT2D eigenvalue weighted by Gasteiger charge is -2.26. The van der Waals surface area contributed by atoms with Crippen LogP contribution in [0.5, 0.6) is 0 Å². The smallest absolute Gasteiger partial charge is 0.237 e. The number of hydrogen-bond donors (Lipinski definition) is 2. The van der Waals surface area contributed by atoms with Gasteiger partial charge in [-0.05, 0) is 58.6 Å². The van der Waals surface area contributed by atoms with Crippen molar-refractivity contribution in [1.29, 1.82) is 0 Å². The van der Waals surface area contributed by atoms with Crippen LogP contribution < -0.4 is 11.1 Å². The van der Waals surface area contributed by atoms with Gasteiger partial charge < -0.3 is 11.1 Å². The molecule has 3 N–H and O–H groups in total. The van der Waals surface area contributed by atoms with E-state index >= 15 is 0 Å². The molecule has 1 unspecified atom stereocenters. The van der Waals surface area contributed by atoms with Gasteiger partial charge in [0.1, 0.15) is 0 Å². The molecule has 0 aromatic carbocycles. The number of unbranched alkanes of at least 4 members (excludes halogenated alkanes) is 1. The summed E-state index contributed by atoms with van der Waals surface area (Å²) in [6.45, 7) is 11.9. The lowest BCUT2D eigenvalue weighted by Crippen LogP contribution is -2.52. The van der Waals surface area contributed by atoms with Gasteiger partial charge in [0.2, 0.25) is 5.91 Å². The Morgan fingerprint density at radius 1 is 1.33 bits per heavy atom. The van der Waals surface area contributed by atoms with Crippen LogP contribution in [-0.2, 0) is 17.8 Å². The number of aryl methyl sites for hydroxylation is 2. The minimum Gasteiger partial charge on any atom is -0.368 e. The molecule has 1 amide bonds. The molecule has 1 aromatic heterocycles. The Morgan fingerprint density at radius 3 is 2.48 bits per heavy atom. The third-order valence-corrected chi connectivity index (χ3v) is 4.29. The van der Waals surface area contributed by atoms with Gasteiger partial charge in [-0.2, -0.15) is 5.10 Å². The van der Waals surface area contributed by atoms with E-state index < -0.39 is 5.54 Å². The molecule has 1 rings (SSSR count). The Labute approximate surface area is 128 Å². The summed E-state index contributed by atoms with van der Waals surface area (Å²) in [5.74, 6) is -0.274. The fraction of sp³-hybridized carbons (Fsp3) is 0.750. The fourth-order valence-electron chi connectivity index (χ4n) is 2.89. The van der Waals surface area contributed by atoms with Gasteiger partial charge in [0.25, 0.3) is 0 Å². The highest BCUT2D eigenvalue weighted by Gasteiger charge is 2.28. The maximum atomic E-state index is 11.6. The van der Waals surface area contributed by atoms with E-state index in [4.69, 9.17) is 5.73 Å². The first-order valence-corrected chi connectivity index (χ1v) is 7.93. The molecule has 0 aliphatic rings. The second-order valence-electron chi connectivity index (χ2n) is 5.91. The standard InChI is InChI=1S/C16H30N4O/c1-6-14-12(3)19-20(13(14)4)11-9-8-10-16(5,15(17)21)18-7-2/h18H,6-11H2,1-5H3,(H2,17,21). The van der Waals surface area contributed by atoms with Gasteiger partial charge in [0.05, 0.1) is 11.2 Å². The van der Waals surface area contributed by atoms with Gasteiger partial charge in [0.15, 0.2) is 0 Å². The predicted molar refractivity (Wildman–Crippen MR) is 86.2 cm³/mol. The number of hydrogen-bond acceptors (Lipinski definition) is 3. The van der Waals surface area contributed by atoms with Crippen LogP contribution >= 0.6 is 0 Å². The van der Waals surface area contributed by atoms with Gasteiger partial charge in [-0.15, -0.1) is 0 Å². The minimum absolute atomic E-state index is 0.274. The summed E-state index contributed by atoms with van der Waals surface area (Å²) in [4.78, 5) is 11.6. The summed E-state index contributed by atoms with van der Waals surface area (Å²) >= 11 is 0. The van der Waals surface area contributed by atoms with Crippen LogP contribution in [0.25, 0.3) is 0 Å². The molecule has 0 spiro atoms. The Kier molecular flexibility index (Phi) is 6.40. The maximum Gasteiger partial charge on any atom is 0.237 e. The van der Waals surface area contributed by atoms with Crippen LogP contribution in [0.3, 0.4) is 0 Å². The molecular formula is C16H30N4O. The van der Waals surface area contributed by atoms with Gasteiger partial charge in [-0.1, -0.05) is 13.8 Å². The van der Waals surface area contributed by atoms with Crippen molar-refractivity contribution in [2.75, 3.05) is 6.54 Å². The van der Waals surface area contributed by atoms with Crippen LogP contribution in [0, 0.1) is 13.8 Å². The van der Waals surface area contributed by atoms with Crippen molar-refractivity contribution < 1.29 is 4.79 Å². The van der Waals surface area contributed by atoms with Crippen LogP contribution in [0.1, 0.15) is 57.0 Å². The number of nitrogens with one attached hydrogen (secondary N) is 1. The van der Waals surface area contributed by atoms with Crippen LogP contribution in [0.15, 0.2) is 0 Å². The van der Waals surface area contributed by atoms with E-state index in [2.05, 4.69) is 35.9 Å². The second-order valence-corrected chi connectivity index (χ2v) is 5.91. The third kappa shape index (κ3) is 4.30. The molecular weight excluding hydrogens is 264 g/mol. The Morgan fingerprint density at radius 2 is 2.00 bits per heavy atom.